The summed E-state index contributed by atoms with van der Waals surface area (Å²) in [5, 5.41) is 13.4. The predicted octanol–water partition coefficient (Wildman–Crippen LogP) is 1.88. The van der Waals surface area contributed by atoms with Gasteiger partial charge in [0.05, 0.1) is 0 Å². The summed E-state index contributed by atoms with van der Waals surface area (Å²) in [7, 11) is 3.98. The number of nitrogens with zero attached hydrogens (tertiary/aromatic N) is 1. The van der Waals surface area contributed by atoms with Gasteiger partial charge in [-0.2, -0.15) is 0 Å². The van der Waals surface area contributed by atoms with E-state index in [9.17, 15) is 5.11 Å². The zero-order valence-corrected chi connectivity index (χ0v) is 12.4. The second-order valence-corrected chi connectivity index (χ2v) is 5.35. The van der Waals surface area contributed by atoms with Crippen molar-refractivity contribution in [2.45, 2.75) is 25.9 Å². The summed E-state index contributed by atoms with van der Waals surface area (Å²) >= 11 is 0. The SMILES string of the molecule is CCCNCC(C)(O)COc1cccc(N(C)C)c1. The Balaban J connectivity index is 2.49. The number of hydrogen-bond acceptors (Lipinski definition) is 4. The molecule has 0 aromatic heterocycles. The van der Waals surface area contributed by atoms with Gasteiger partial charge in [-0.25, -0.2) is 0 Å². The molecule has 0 bridgehead atoms. The highest BCUT2D eigenvalue weighted by Crippen LogP contribution is 2.20. The van der Waals surface area contributed by atoms with Crippen molar-refractivity contribution in [1.29, 1.82) is 0 Å². The molecule has 0 saturated carbocycles. The van der Waals surface area contributed by atoms with E-state index in [4.69, 9.17) is 4.74 Å². The van der Waals surface area contributed by atoms with Gasteiger partial charge in [0, 0.05) is 32.4 Å². The Kier molecular flexibility index (Phi) is 6.12. The van der Waals surface area contributed by atoms with Crippen LogP contribution in [-0.4, -0.2) is 44.5 Å². The van der Waals surface area contributed by atoms with Gasteiger partial charge in [0.2, 0.25) is 0 Å². The molecule has 108 valence electrons. The molecule has 0 heterocycles. The molecule has 1 rings (SSSR count). The lowest BCUT2D eigenvalue weighted by Gasteiger charge is -2.24. The molecule has 0 saturated heterocycles. The molecule has 2 N–H and O–H groups in total. The molecule has 0 aliphatic rings. The van der Waals surface area contributed by atoms with Gasteiger partial charge in [-0.3, -0.25) is 0 Å². The first-order chi connectivity index (χ1) is 8.94. The largest absolute Gasteiger partial charge is 0.490 e. The molecule has 0 radical (unpaired) electrons. The molecule has 0 aliphatic carbocycles. The van der Waals surface area contributed by atoms with E-state index in [1.54, 1.807) is 6.92 Å². The molecule has 0 fully saturated rings. The van der Waals surface area contributed by atoms with Crippen LogP contribution in [0.2, 0.25) is 0 Å². The number of nitrogens with one attached hydrogen (secondary N) is 1. The van der Waals surface area contributed by atoms with Crippen molar-refractivity contribution in [1.82, 2.24) is 5.32 Å². The molecule has 1 atom stereocenters. The van der Waals surface area contributed by atoms with Gasteiger partial charge in [0.25, 0.3) is 0 Å². The third-order valence-corrected chi connectivity index (χ3v) is 2.82. The zero-order valence-electron chi connectivity index (χ0n) is 12.4. The van der Waals surface area contributed by atoms with Gasteiger partial charge in [-0.1, -0.05) is 13.0 Å². The Bertz CT molecular complexity index is 378. The summed E-state index contributed by atoms with van der Waals surface area (Å²) in [6.07, 6.45) is 1.06. The number of rotatable bonds is 8. The second kappa shape index (κ2) is 7.36. The molecule has 1 aromatic rings. The maximum absolute atomic E-state index is 10.2. The Morgan fingerprint density at radius 2 is 2.11 bits per heavy atom. The van der Waals surface area contributed by atoms with E-state index in [0.717, 1.165) is 24.4 Å². The van der Waals surface area contributed by atoms with Crippen molar-refractivity contribution < 1.29 is 9.84 Å². The lowest BCUT2D eigenvalue weighted by Crippen LogP contribution is -2.43. The molecule has 0 aliphatic heterocycles. The first kappa shape index (κ1) is 15.8. The van der Waals surface area contributed by atoms with E-state index in [0.29, 0.717) is 6.54 Å². The van der Waals surface area contributed by atoms with Crippen LogP contribution in [0.4, 0.5) is 5.69 Å². The Morgan fingerprint density at radius 1 is 1.37 bits per heavy atom. The number of benzene rings is 1. The van der Waals surface area contributed by atoms with Gasteiger partial charge < -0.3 is 20.1 Å². The lowest BCUT2D eigenvalue weighted by molar-refractivity contribution is 0.0125. The van der Waals surface area contributed by atoms with Crippen LogP contribution in [0.5, 0.6) is 5.75 Å². The minimum absolute atomic E-state index is 0.278. The number of anilines is 1. The maximum Gasteiger partial charge on any atom is 0.121 e. The zero-order chi connectivity index (χ0) is 14.3. The van der Waals surface area contributed by atoms with Gasteiger partial charge in [-0.15, -0.1) is 0 Å². The van der Waals surface area contributed by atoms with Crippen LogP contribution in [0.1, 0.15) is 20.3 Å². The molecular weight excluding hydrogens is 240 g/mol. The van der Waals surface area contributed by atoms with Crippen LogP contribution in [0, 0.1) is 0 Å². The average Bonchev–Trinajstić information content (AvgIpc) is 2.37. The van der Waals surface area contributed by atoms with Crippen LogP contribution < -0.4 is 15.0 Å². The Morgan fingerprint density at radius 3 is 2.74 bits per heavy atom. The van der Waals surface area contributed by atoms with Crippen molar-refractivity contribution in [3.8, 4) is 5.75 Å². The fraction of sp³-hybridized carbons (Fsp3) is 0.600. The highest BCUT2D eigenvalue weighted by Gasteiger charge is 2.20. The van der Waals surface area contributed by atoms with Crippen molar-refractivity contribution in [3.63, 3.8) is 0 Å². The van der Waals surface area contributed by atoms with Gasteiger partial charge >= 0.3 is 0 Å². The van der Waals surface area contributed by atoms with E-state index in [1.165, 1.54) is 0 Å². The average molecular weight is 266 g/mol. The summed E-state index contributed by atoms with van der Waals surface area (Å²) in [5.74, 6) is 0.780. The quantitative estimate of drug-likeness (QED) is 0.705. The molecular formula is C15H26N2O2. The number of ether oxygens (including phenoxy) is 1. The standard InChI is InChI=1S/C15H26N2O2/c1-5-9-16-11-15(2,18)12-19-14-8-6-7-13(10-14)17(3)4/h6-8,10,16,18H,5,9,11-12H2,1-4H3. The normalized spacial score (nSPS) is 13.9. The van der Waals surface area contributed by atoms with Crippen molar-refractivity contribution in [2.24, 2.45) is 0 Å². The fourth-order valence-electron chi connectivity index (χ4n) is 1.68. The highest BCUT2D eigenvalue weighted by molar-refractivity contribution is 5.49. The van der Waals surface area contributed by atoms with Gasteiger partial charge in [-0.05, 0) is 32.0 Å². The minimum atomic E-state index is -0.858. The van der Waals surface area contributed by atoms with E-state index in [-0.39, 0.29) is 6.61 Å². The van der Waals surface area contributed by atoms with E-state index < -0.39 is 5.60 Å². The molecule has 0 amide bonds. The first-order valence-electron chi connectivity index (χ1n) is 6.78. The van der Waals surface area contributed by atoms with Gasteiger partial charge in [0.1, 0.15) is 18.0 Å². The summed E-state index contributed by atoms with van der Waals surface area (Å²) in [4.78, 5) is 2.02. The number of aliphatic hydroxyl groups is 1. The predicted molar refractivity (Wildman–Crippen MR) is 80.0 cm³/mol. The van der Waals surface area contributed by atoms with Crippen LogP contribution >= 0.6 is 0 Å². The maximum atomic E-state index is 10.2. The second-order valence-electron chi connectivity index (χ2n) is 5.35. The van der Waals surface area contributed by atoms with Crippen LogP contribution in [0.15, 0.2) is 24.3 Å². The first-order valence-corrected chi connectivity index (χ1v) is 6.78. The van der Waals surface area contributed by atoms with E-state index in [1.807, 2.05) is 43.3 Å². The summed E-state index contributed by atoms with van der Waals surface area (Å²) in [6.45, 7) is 5.61. The topological polar surface area (TPSA) is 44.7 Å². The van der Waals surface area contributed by atoms with Crippen LogP contribution in [0.25, 0.3) is 0 Å². The third kappa shape index (κ3) is 5.94. The Labute approximate surface area is 116 Å². The van der Waals surface area contributed by atoms with Crippen molar-refractivity contribution in [2.75, 3.05) is 38.7 Å². The molecule has 1 aromatic carbocycles. The molecule has 4 heteroatoms. The van der Waals surface area contributed by atoms with Crippen LogP contribution in [0.3, 0.4) is 0 Å². The van der Waals surface area contributed by atoms with Crippen molar-refractivity contribution >= 4 is 5.69 Å². The summed E-state index contributed by atoms with van der Waals surface area (Å²) in [6, 6.07) is 7.85. The number of hydrogen-bond donors (Lipinski definition) is 2. The fourth-order valence-corrected chi connectivity index (χ4v) is 1.68. The molecule has 1 unspecified atom stereocenters. The third-order valence-electron chi connectivity index (χ3n) is 2.82. The van der Waals surface area contributed by atoms with E-state index >= 15 is 0 Å². The minimum Gasteiger partial charge on any atom is -0.490 e. The van der Waals surface area contributed by atoms with Gasteiger partial charge in [0.15, 0.2) is 0 Å². The van der Waals surface area contributed by atoms with Crippen LogP contribution in [-0.2, 0) is 0 Å². The Hall–Kier alpha value is -1.26. The lowest BCUT2D eigenvalue weighted by atomic mass is 10.1. The molecule has 0 spiro atoms. The smallest absolute Gasteiger partial charge is 0.121 e. The molecule has 4 nitrogen and oxygen atoms in total. The monoisotopic (exact) mass is 266 g/mol. The highest BCUT2D eigenvalue weighted by atomic mass is 16.5. The summed E-state index contributed by atoms with van der Waals surface area (Å²) in [5.41, 5.74) is 0.227. The van der Waals surface area contributed by atoms with E-state index in [2.05, 4.69) is 12.2 Å². The molecule has 19 heavy (non-hydrogen) atoms. The summed E-state index contributed by atoms with van der Waals surface area (Å²) < 4.78 is 5.68. The van der Waals surface area contributed by atoms with Crippen molar-refractivity contribution in [3.05, 3.63) is 24.3 Å².